The maximum Gasteiger partial charge on any atom is 0.138 e. The van der Waals surface area contributed by atoms with E-state index >= 15 is 0 Å². The second-order valence-electron chi connectivity index (χ2n) is 4.41. The average molecular weight is 278 g/mol. The van der Waals surface area contributed by atoms with Crippen LogP contribution in [0.2, 0.25) is 0 Å². The fourth-order valence-corrected chi connectivity index (χ4v) is 1.76. The van der Waals surface area contributed by atoms with E-state index < -0.39 is 11.6 Å². The van der Waals surface area contributed by atoms with Crippen LogP contribution < -0.4 is 10.6 Å². The number of hydrogen-bond acceptors (Lipinski definition) is 4. The van der Waals surface area contributed by atoms with Gasteiger partial charge in [0.15, 0.2) is 0 Å². The van der Waals surface area contributed by atoms with Gasteiger partial charge in [0.05, 0.1) is 0 Å². The highest BCUT2D eigenvalue weighted by Gasteiger charge is 2.08. The molecule has 0 amide bonds. The highest BCUT2D eigenvalue weighted by Crippen LogP contribution is 2.23. The van der Waals surface area contributed by atoms with Gasteiger partial charge in [0, 0.05) is 23.9 Å². The normalized spacial score (nSPS) is 10.4. The minimum atomic E-state index is -0.636. The molecular formula is C14H16F2N4. The summed E-state index contributed by atoms with van der Waals surface area (Å²) < 4.78 is 26.3. The third-order valence-electron chi connectivity index (χ3n) is 2.75. The van der Waals surface area contributed by atoms with Crippen LogP contribution in [0.25, 0.3) is 0 Å². The van der Waals surface area contributed by atoms with Gasteiger partial charge < -0.3 is 10.6 Å². The highest BCUT2D eigenvalue weighted by atomic mass is 19.1. The summed E-state index contributed by atoms with van der Waals surface area (Å²) in [7, 11) is 0. The van der Waals surface area contributed by atoms with Crippen LogP contribution in [0.5, 0.6) is 0 Å². The Kier molecular flexibility index (Phi) is 4.45. The van der Waals surface area contributed by atoms with Gasteiger partial charge >= 0.3 is 0 Å². The largest absolute Gasteiger partial charge is 0.370 e. The second kappa shape index (κ2) is 6.27. The number of halogens is 2. The standard InChI is InChI=1S/C14H16F2N4/c1-3-4-17-13-9(2)14(19-8-18-13)20-12-6-10(15)5-11(16)7-12/h5-8H,3-4H2,1-2H3,(H2,17,18,19,20). The Morgan fingerprint density at radius 1 is 1.05 bits per heavy atom. The molecular weight excluding hydrogens is 262 g/mol. The van der Waals surface area contributed by atoms with Crippen LogP contribution in [-0.2, 0) is 0 Å². The predicted octanol–water partition coefficient (Wildman–Crippen LogP) is 3.63. The van der Waals surface area contributed by atoms with Gasteiger partial charge in [-0.3, -0.25) is 0 Å². The molecule has 0 atom stereocenters. The molecule has 0 aliphatic carbocycles. The molecule has 1 aromatic carbocycles. The van der Waals surface area contributed by atoms with Gasteiger partial charge in [0.25, 0.3) is 0 Å². The number of benzene rings is 1. The summed E-state index contributed by atoms with van der Waals surface area (Å²) in [5, 5.41) is 6.07. The molecule has 0 saturated heterocycles. The molecule has 1 aromatic heterocycles. The van der Waals surface area contributed by atoms with Gasteiger partial charge in [-0.2, -0.15) is 0 Å². The lowest BCUT2D eigenvalue weighted by Gasteiger charge is -2.12. The van der Waals surface area contributed by atoms with Crippen LogP contribution >= 0.6 is 0 Å². The highest BCUT2D eigenvalue weighted by molar-refractivity contribution is 5.64. The first-order valence-corrected chi connectivity index (χ1v) is 6.38. The van der Waals surface area contributed by atoms with Crippen LogP contribution in [0.1, 0.15) is 18.9 Å². The van der Waals surface area contributed by atoms with Gasteiger partial charge in [-0.15, -0.1) is 0 Å². The SMILES string of the molecule is CCCNc1ncnc(Nc2cc(F)cc(F)c2)c1C. The molecule has 4 nitrogen and oxygen atoms in total. The third-order valence-corrected chi connectivity index (χ3v) is 2.75. The van der Waals surface area contributed by atoms with Crippen molar-refractivity contribution in [2.45, 2.75) is 20.3 Å². The maximum atomic E-state index is 13.2. The van der Waals surface area contributed by atoms with E-state index in [1.165, 1.54) is 18.5 Å². The van der Waals surface area contributed by atoms with Gasteiger partial charge in [0.2, 0.25) is 0 Å². The molecule has 20 heavy (non-hydrogen) atoms. The van der Waals surface area contributed by atoms with Gasteiger partial charge in [-0.1, -0.05) is 6.92 Å². The quantitative estimate of drug-likeness (QED) is 0.877. The molecule has 0 unspecified atom stereocenters. The molecule has 0 radical (unpaired) electrons. The van der Waals surface area contributed by atoms with Crippen LogP contribution in [0.4, 0.5) is 26.1 Å². The summed E-state index contributed by atoms with van der Waals surface area (Å²) in [6, 6.07) is 3.25. The molecule has 0 aliphatic rings. The zero-order valence-corrected chi connectivity index (χ0v) is 11.4. The van der Waals surface area contributed by atoms with Crippen molar-refractivity contribution in [1.29, 1.82) is 0 Å². The van der Waals surface area contributed by atoms with Gasteiger partial charge in [-0.05, 0) is 25.5 Å². The Bertz CT molecular complexity index is 581. The first kappa shape index (κ1) is 14.2. The fraction of sp³-hybridized carbons (Fsp3) is 0.286. The average Bonchev–Trinajstić information content (AvgIpc) is 2.38. The first-order chi connectivity index (χ1) is 9.60. The van der Waals surface area contributed by atoms with Gasteiger partial charge in [-0.25, -0.2) is 18.7 Å². The maximum absolute atomic E-state index is 13.2. The number of rotatable bonds is 5. The molecule has 106 valence electrons. The molecule has 2 N–H and O–H groups in total. The lowest BCUT2D eigenvalue weighted by Crippen LogP contribution is -2.07. The number of hydrogen-bond donors (Lipinski definition) is 2. The van der Waals surface area contributed by atoms with E-state index in [0.717, 1.165) is 24.6 Å². The van der Waals surface area contributed by atoms with E-state index in [1.54, 1.807) is 0 Å². The minimum absolute atomic E-state index is 0.311. The van der Waals surface area contributed by atoms with Crippen LogP contribution in [0, 0.1) is 18.6 Å². The van der Waals surface area contributed by atoms with Crippen molar-refractivity contribution in [2.24, 2.45) is 0 Å². The zero-order chi connectivity index (χ0) is 14.5. The summed E-state index contributed by atoms with van der Waals surface area (Å²) in [5.74, 6) is -0.0445. The molecule has 0 aliphatic heterocycles. The Morgan fingerprint density at radius 2 is 1.70 bits per heavy atom. The molecule has 6 heteroatoms. The smallest absolute Gasteiger partial charge is 0.138 e. The minimum Gasteiger partial charge on any atom is -0.370 e. The monoisotopic (exact) mass is 278 g/mol. The summed E-state index contributed by atoms with van der Waals surface area (Å²) >= 11 is 0. The van der Waals surface area contributed by atoms with Crippen molar-refractivity contribution in [2.75, 3.05) is 17.2 Å². The molecule has 0 saturated carbocycles. The molecule has 0 spiro atoms. The summed E-state index contributed by atoms with van der Waals surface area (Å²) in [6.45, 7) is 4.69. The zero-order valence-electron chi connectivity index (χ0n) is 11.4. The van der Waals surface area contributed by atoms with Crippen LogP contribution in [0.3, 0.4) is 0 Å². The third kappa shape index (κ3) is 3.40. The summed E-state index contributed by atoms with van der Waals surface area (Å²) in [6.07, 6.45) is 2.38. The van der Waals surface area contributed by atoms with E-state index in [9.17, 15) is 8.78 Å². The van der Waals surface area contributed by atoms with Crippen LogP contribution in [0.15, 0.2) is 24.5 Å². The Labute approximate surface area is 116 Å². The van der Waals surface area contributed by atoms with E-state index in [1.807, 2.05) is 6.92 Å². The van der Waals surface area contributed by atoms with Crippen molar-refractivity contribution < 1.29 is 8.78 Å². The first-order valence-electron chi connectivity index (χ1n) is 6.38. The molecule has 2 aromatic rings. The lowest BCUT2D eigenvalue weighted by molar-refractivity contribution is 0.584. The molecule has 0 fully saturated rings. The number of aromatic nitrogens is 2. The Morgan fingerprint density at radius 3 is 2.35 bits per heavy atom. The van der Waals surface area contributed by atoms with Gasteiger partial charge in [0.1, 0.15) is 29.6 Å². The van der Waals surface area contributed by atoms with Crippen molar-refractivity contribution in [3.8, 4) is 0 Å². The van der Waals surface area contributed by atoms with E-state index in [-0.39, 0.29) is 0 Å². The Balaban J connectivity index is 2.24. The van der Waals surface area contributed by atoms with E-state index in [0.29, 0.717) is 17.3 Å². The Hall–Kier alpha value is -2.24. The van der Waals surface area contributed by atoms with E-state index in [2.05, 4.69) is 27.5 Å². The predicted molar refractivity (Wildman–Crippen MR) is 75.2 cm³/mol. The molecule has 1 heterocycles. The summed E-state index contributed by atoms with van der Waals surface area (Å²) in [4.78, 5) is 8.24. The lowest BCUT2D eigenvalue weighted by atomic mass is 10.2. The second-order valence-corrected chi connectivity index (χ2v) is 4.41. The molecule has 0 bridgehead atoms. The number of nitrogens with zero attached hydrogens (tertiary/aromatic N) is 2. The van der Waals surface area contributed by atoms with Crippen molar-refractivity contribution >= 4 is 17.3 Å². The number of anilines is 3. The van der Waals surface area contributed by atoms with Crippen molar-refractivity contribution in [3.05, 3.63) is 41.7 Å². The topological polar surface area (TPSA) is 49.8 Å². The summed E-state index contributed by atoms with van der Waals surface area (Å²) in [5.41, 5.74) is 1.11. The van der Waals surface area contributed by atoms with Crippen molar-refractivity contribution in [1.82, 2.24) is 9.97 Å². The number of nitrogens with one attached hydrogen (secondary N) is 2. The fourth-order valence-electron chi connectivity index (χ4n) is 1.76. The van der Waals surface area contributed by atoms with Crippen molar-refractivity contribution in [3.63, 3.8) is 0 Å². The van der Waals surface area contributed by atoms with Crippen LogP contribution in [-0.4, -0.2) is 16.5 Å². The molecule has 2 rings (SSSR count). The van der Waals surface area contributed by atoms with E-state index in [4.69, 9.17) is 0 Å².